The monoisotopic (exact) mass is 269 g/mol. The summed E-state index contributed by atoms with van der Waals surface area (Å²) in [7, 11) is 1.72. The van der Waals surface area contributed by atoms with Crippen LogP contribution in [0.3, 0.4) is 0 Å². The second-order valence-corrected chi connectivity index (χ2v) is 4.68. The van der Waals surface area contributed by atoms with Gasteiger partial charge in [0.2, 0.25) is 0 Å². The summed E-state index contributed by atoms with van der Waals surface area (Å²) in [6.07, 6.45) is 1.90. The Labute approximate surface area is 111 Å². The van der Waals surface area contributed by atoms with Crippen molar-refractivity contribution in [1.82, 2.24) is 25.4 Å². The second kappa shape index (κ2) is 6.72. The molecule has 0 saturated heterocycles. The highest BCUT2D eigenvalue weighted by atomic mass is 16.4. The van der Waals surface area contributed by atoms with Gasteiger partial charge in [-0.15, -0.1) is 0 Å². The molecule has 0 aliphatic heterocycles. The van der Waals surface area contributed by atoms with Crippen LogP contribution in [0.1, 0.15) is 26.1 Å². The summed E-state index contributed by atoms with van der Waals surface area (Å²) in [5.41, 5.74) is 0. The molecule has 1 atom stereocenters. The maximum Gasteiger partial charge on any atom is 0.326 e. The lowest BCUT2D eigenvalue weighted by molar-refractivity contribution is -0.139. The van der Waals surface area contributed by atoms with Gasteiger partial charge in [-0.25, -0.2) is 14.6 Å². The number of aromatic nitrogens is 3. The quantitative estimate of drug-likeness (QED) is 0.679. The van der Waals surface area contributed by atoms with Gasteiger partial charge in [0.05, 0.1) is 6.54 Å². The lowest BCUT2D eigenvalue weighted by Crippen LogP contribution is -2.46. The number of nitrogens with one attached hydrogen (secondary N) is 2. The molecule has 19 heavy (non-hydrogen) atoms. The van der Waals surface area contributed by atoms with Gasteiger partial charge in [-0.2, -0.15) is 5.10 Å². The third-order valence-corrected chi connectivity index (χ3v) is 2.36. The minimum atomic E-state index is -1.04. The third-order valence-electron chi connectivity index (χ3n) is 2.36. The number of rotatable bonds is 6. The Morgan fingerprint density at radius 1 is 1.47 bits per heavy atom. The average Bonchev–Trinajstić information content (AvgIpc) is 2.71. The van der Waals surface area contributed by atoms with Crippen molar-refractivity contribution in [3.05, 3.63) is 12.2 Å². The van der Waals surface area contributed by atoms with Crippen LogP contribution in [0.2, 0.25) is 0 Å². The van der Waals surface area contributed by atoms with Gasteiger partial charge in [-0.1, -0.05) is 13.8 Å². The van der Waals surface area contributed by atoms with Gasteiger partial charge >= 0.3 is 12.0 Å². The van der Waals surface area contributed by atoms with Gasteiger partial charge in [0.15, 0.2) is 5.82 Å². The van der Waals surface area contributed by atoms with E-state index < -0.39 is 18.0 Å². The normalized spacial score (nSPS) is 12.2. The van der Waals surface area contributed by atoms with E-state index in [0.29, 0.717) is 12.2 Å². The fourth-order valence-electron chi connectivity index (χ4n) is 1.53. The Morgan fingerprint density at radius 3 is 2.63 bits per heavy atom. The van der Waals surface area contributed by atoms with Crippen molar-refractivity contribution in [1.29, 1.82) is 0 Å². The molecule has 1 unspecified atom stereocenters. The molecule has 1 rings (SSSR count). The summed E-state index contributed by atoms with van der Waals surface area (Å²) in [5, 5.41) is 17.9. The van der Waals surface area contributed by atoms with E-state index in [0.717, 1.165) is 0 Å². The first kappa shape index (κ1) is 14.9. The minimum absolute atomic E-state index is 0.153. The number of nitrogens with zero attached hydrogens (tertiary/aromatic N) is 3. The van der Waals surface area contributed by atoms with Gasteiger partial charge in [-0.05, 0) is 12.3 Å². The summed E-state index contributed by atoms with van der Waals surface area (Å²) in [4.78, 5) is 26.5. The number of aryl methyl sites for hydroxylation is 1. The predicted octanol–water partition coefficient (Wildman–Crippen LogP) is 0.114. The van der Waals surface area contributed by atoms with E-state index in [1.165, 1.54) is 11.0 Å². The largest absolute Gasteiger partial charge is 0.480 e. The number of carbonyl (C=O) groups is 2. The molecule has 0 saturated carbocycles. The smallest absolute Gasteiger partial charge is 0.326 e. The van der Waals surface area contributed by atoms with Crippen molar-refractivity contribution >= 4 is 12.0 Å². The molecular weight excluding hydrogens is 250 g/mol. The van der Waals surface area contributed by atoms with Crippen LogP contribution >= 0.6 is 0 Å². The lowest BCUT2D eigenvalue weighted by Gasteiger charge is -2.16. The van der Waals surface area contributed by atoms with E-state index in [4.69, 9.17) is 5.11 Å². The van der Waals surface area contributed by atoms with Crippen LogP contribution in [0.25, 0.3) is 0 Å². The topological polar surface area (TPSA) is 109 Å². The molecule has 2 amide bonds. The summed E-state index contributed by atoms with van der Waals surface area (Å²) < 4.78 is 1.52. The number of carboxylic acids is 1. The summed E-state index contributed by atoms with van der Waals surface area (Å²) >= 11 is 0. The highest BCUT2D eigenvalue weighted by molar-refractivity contribution is 5.82. The van der Waals surface area contributed by atoms with Crippen LogP contribution in [0.5, 0.6) is 0 Å². The number of carboxylic acid groups (broad SMARTS) is 1. The Balaban J connectivity index is 2.42. The number of aliphatic carboxylic acids is 1. The number of hydrogen-bond acceptors (Lipinski definition) is 4. The van der Waals surface area contributed by atoms with Gasteiger partial charge in [-0.3, -0.25) is 4.68 Å². The Bertz CT molecular complexity index is 443. The van der Waals surface area contributed by atoms with Gasteiger partial charge in [0.25, 0.3) is 0 Å². The van der Waals surface area contributed by atoms with Crippen molar-refractivity contribution in [3.63, 3.8) is 0 Å². The van der Waals surface area contributed by atoms with Crippen LogP contribution < -0.4 is 10.6 Å². The van der Waals surface area contributed by atoms with Crippen molar-refractivity contribution in [3.8, 4) is 0 Å². The first-order valence-corrected chi connectivity index (χ1v) is 6.00. The Kier molecular flexibility index (Phi) is 5.28. The first-order valence-electron chi connectivity index (χ1n) is 6.00. The van der Waals surface area contributed by atoms with E-state index in [1.54, 1.807) is 7.05 Å². The highest BCUT2D eigenvalue weighted by Crippen LogP contribution is 2.04. The molecule has 8 heteroatoms. The highest BCUT2D eigenvalue weighted by Gasteiger charge is 2.20. The van der Waals surface area contributed by atoms with E-state index in [1.807, 2.05) is 13.8 Å². The molecule has 106 valence electrons. The van der Waals surface area contributed by atoms with Crippen molar-refractivity contribution in [2.24, 2.45) is 13.0 Å². The van der Waals surface area contributed by atoms with E-state index in [9.17, 15) is 9.59 Å². The fraction of sp³-hybridized carbons (Fsp3) is 0.636. The number of carbonyl (C=O) groups excluding carboxylic acids is 1. The molecule has 1 heterocycles. The summed E-state index contributed by atoms with van der Waals surface area (Å²) in [6, 6.07) is -1.43. The maximum absolute atomic E-state index is 11.6. The third kappa shape index (κ3) is 5.36. The van der Waals surface area contributed by atoms with Crippen molar-refractivity contribution in [2.45, 2.75) is 32.9 Å². The molecule has 8 nitrogen and oxygen atoms in total. The summed E-state index contributed by atoms with van der Waals surface area (Å²) in [5.74, 6) is -0.396. The Morgan fingerprint density at radius 2 is 2.16 bits per heavy atom. The molecular formula is C11H19N5O3. The van der Waals surface area contributed by atoms with Gasteiger partial charge in [0.1, 0.15) is 12.4 Å². The molecule has 1 aromatic rings. The number of hydrogen-bond donors (Lipinski definition) is 3. The standard InChI is InChI=1S/C11H19N5O3/c1-7(2)4-8(10(17)18)14-11(19)12-5-9-13-6-16(3)15-9/h6-8H,4-5H2,1-3H3,(H,17,18)(H2,12,14,19). The molecule has 1 aromatic heterocycles. The van der Waals surface area contributed by atoms with E-state index in [-0.39, 0.29) is 12.5 Å². The van der Waals surface area contributed by atoms with E-state index in [2.05, 4.69) is 20.7 Å². The van der Waals surface area contributed by atoms with Gasteiger partial charge < -0.3 is 15.7 Å². The number of amides is 2. The zero-order chi connectivity index (χ0) is 14.4. The lowest BCUT2D eigenvalue weighted by atomic mass is 10.0. The molecule has 0 radical (unpaired) electrons. The van der Waals surface area contributed by atoms with Crippen molar-refractivity contribution in [2.75, 3.05) is 0 Å². The SMILES string of the molecule is CC(C)CC(NC(=O)NCc1ncn(C)n1)C(=O)O. The van der Waals surface area contributed by atoms with Crippen LogP contribution in [-0.2, 0) is 18.4 Å². The molecule has 0 aliphatic rings. The summed E-state index contributed by atoms with van der Waals surface area (Å²) in [6.45, 7) is 3.95. The predicted molar refractivity (Wildman–Crippen MR) is 67.3 cm³/mol. The van der Waals surface area contributed by atoms with Crippen LogP contribution in [0.4, 0.5) is 4.79 Å². The molecule has 3 N–H and O–H groups in total. The van der Waals surface area contributed by atoms with Gasteiger partial charge in [0, 0.05) is 7.05 Å². The van der Waals surface area contributed by atoms with Crippen LogP contribution in [-0.4, -0.2) is 37.9 Å². The zero-order valence-electron chi connectivity index (χ0n) is 11.3. The molecule has 0 fully saturated rings. The molecule has 0 spiro atoms. The molecule has 0 aliphatic carbocycles. The fourth-order valence-corrected chi connectivity index (χ4v) is 1.53. The van der Waals surface area contributed by atoms with Crippen LogP contribution in [0, 0.1) is 5.92 Å². The van der Waals surface area contributed by atoms with Crippen molar-refractivity contribution < 1.29 is 14.7 Å². The average molecular weight is 269 g/mol. The molecule has 0 bridgehead atoms. The second-order valence-electron chi connectivity index (χ2n) is 4.68. The van der Waals surface area contributed by atoms with Crippen LogP contribution in [0.15, 0.2) is 6.33 Å². The molecule has 0 aromatic carbocycles. The number of urea groups is 1. The first-order chi connectivity index (χ1) is 8.88. The Hall–Kier alpha value is -2.12. The van der Waals surface area contributed by atoms with E-state index >= 15 is 0 Å². The maximum atomic E-state index is 11.6. The zero-order valence-corrected chi connectivity index (χ0v) is 11.3. The minimum Gasteiger partial charge on any atom is -0.480 e.